The van der Waals surface area contributed by atoms with Gasteiger partial charge in [0.05, 0.1) is 10.2 Å². The number of benzene rings is 1. The van der Waals surface area contributed by atoms with E-state index < -0.39 is 0 Å². The molecule has 2 heterocycles. The maximum Gasteiger partial charge on any atom is 0.255 e. The zero-order valence-corrected chi connectivity index (χ0v) is 10.7. The number of nitrogens with one attached hydrogen (secondary N) is 1. The van der Waals surface area contributed by atoms with Crippen LogP contribution in [0.3, 0.4) is 0 Å². The minimum absolute atomic E-state index is 0.0752. The van der Waals surface area contributed by atoms with Crippen molar-refractivity contribution < 1.29 is 9.53 Å². The molecule has 0 radical (unpaired) electrons. The Kier molecular flexibility index (Phi) is 3.25. The van der Waals surface area contributed by atoms with Gasteiger partial charge < -0.3 is 4.74 Å². The fourth-order valence-electron chi connectivity index (χ4n) is 2.06. The van der Waals surface area contributed by atoms with Crippen molar-refractivity contribution in [1.29, 1.82) is 0 Å². The quantitative estimate of drug-likeness (QED) is 0.905. The molecule has 3 rings (SSSR count). The van der Waals surface area contributed by atoms with Crippen molar-refractivity contribution in [3.8, 4) is 0 Å². The molecule has 0 bridgehead atoms. The van der Waals surface area contributed by atoms with Gasteiger partial charge in [0.25, 0.3) is 5.91 Å². The van der Waals surface area contributed by atoms with Crippen molar-refractivity contribution in [3.05, 3.63) is 24.3 Å². The van der Waals surface area contributed by atoms with E-state index in [1.807, 2.05) is 24.3 Å². The number of nitrogens with zero attached hydrogens (tertiary/aromatic N) is 1. The number of carbonyl (C=O) groups is 1. The van der Waals surface area contributed by atoms with E-state index in [-0.39, 0.29) is 12.0 Å². The van der Waals surface area contributed by atoms with Crippen LogP contribution in [-0.2, 0) is 9.53 Å². The zero-order chi connectivity index (χ0) is 12.4. The lowest BCUT2D eigenvalue weighted by Crippen LogP contribution is -2.33. The summed E-state index contributed by atoms with van der Waals surface area (Å²) in [5.74, 6) is -0.0752. The summed E-state index contributed by atoms with van der Waals surface area (Å²) in [5.41, 5.74) is 0.919. The molecule has 1 N–H and O–H groups in total. The van der Waals surface area contributed by atoms with Gasteiger partial charge in [-0.15, -0.1) is 0 Å². The maximum atomic E-state index is 12.0. The summed E-state index contributed by atoms with van der Waals surface area (Å²) < 4.78 is 6.53. The van der Waals surface area contributed by atoms with Gasteiger partial charge in [-0.3, -0.25) is 10.1 Å². The van der Waals surface area contributed by atoms with Gasteiger partial charge in [0.15, 0.2) is 5.13 Å². The minimum atomic E-state index is -0.314. The fourth-order valence-corrected chi connectivity index (χ4v) is 2.93. The molecule has 0 saturated carbocycles. The van der Waals surface area contributed by atoms with Crippen molar-refractivity contribution in [3.63, 3.8) is 0 Å². The zero-order valence-electron chi connectivity index (χ0n) is 9.89. The average Bonchev–Trinajstić information content (AvgIpc) is 2.82. The van der Waals surface area contributed by atoms with Gasteiger partial charge >= 0.3 is 0 Å². The molecule has 1 unspecified atom stereocenters. The summed E-state index contributed by atoms with van der Waals surface area (Å²) in [6.45, 7) is 0.679. The summed E-state index contributed by atoms with van der Waals surface area (Å²) in [7, 11) is 0. The first-order valence-electron chi connectivity index (χ1n) is 6.11. The number of amides is 1. The number of carbonyl (C=O) groups excluding carboxylic acids is 1. The highest BCUT2D eigenvalue weighted by atomic mass is 32.1. The molecule has 0 spiro atoms. The highest BCUT2D eigenvalue weighted by molar-refractivity contribution is 7.22. The van der Waals surface area contributed by atoms with Crippen molar-refractivity contribution in [2.24, 2.45) is 0 Å². The van der Waals surface area contributed by atoms with Crippen LogP contribution in [-0.4, -0.2) is 23.6 Å². The van der Waals surface area contributed by atoms with Gasteiger partial charge in [-0.25, -0.2) is 4.98 Å². The number of anilines is 1. The lowest BCUT2D eigenvalue weighted by atomic mass is 10.1. The number of ether oxygens (including phenoxy) is 1. The molecule has 94 valence electrons. The van der Waals surface area contributed by atoms with E-state index >= 15 is 0 Å². The Morgan fingerprint density at radius 3 is 3.06 bits per heavy atom. The molecular formula is C13H14N2O2S. The molecule has 1 amide bonds. The third-order valence-corrected chi connectivity index (χ3v) is 3.95. The molecule has 1 aromatic carbocycles. The highest BCUT2D eigenvalue weighted by Crippen LogP contribution is 2.26. The second-order valence-corrected chi connectivity index (χ2v) is 5.36. The van der Waals surface area contributed by atoms with Crippen LogP contribution < -0.4 is 5.32 Å². The number of rotatable bonds is 2. The monoisotopic (exact) mass is 262 g/mol. The predicted molar refractivity (Wildman–Crippen MR) is 71.8 cm³/mol. The van der Waals surface area contributed by atoms with Crippen LogP contribution in [0.2, 0.25) is 0 Å². The minimum Gasteiger partial charge on any atom is -0.368 e. The van der Waals surface area contributed by atoms with Crippen LogP contribution in [0.25, 0.3) is 10.2 Å². The van der Waals surface area contributed by atoms with Crippen molar-refractivity contribution in [1.82, 2.24) is 4.98 Å². The van der Waals surface area contributed by atoms with E-state index in [1.54, 1.807) is 0 Å². The Morgan fingerprint density at radius 2 is 2.28 bits per heavy atom. The molecule has 2 aromatic rings. The molecule has 1 saturated heterocycles. The molecule has 0 aliphatic carbocycles. The van der Waals surface area contributed by atoms with Crippen molar-refractivity contribution in [2.45, 2.75) is 25.4 Å². The van der Waals surface area contributed by atoms with Crippen LogP contribution in [0, 0.1) is 0 Å². The Balaban J connectivity index is 1.73. The van der Waals surface area contributed by atoms with E-state index in [1.165, 1.54) is 11.3 Å². The van der Waals surface area contributed by atoms with E-state index in [0.29, 0.717) is 11.7 Å². The molecule has 4 nitrogen and oxygen atoms in total. The number of hydrogen-bond donors (Lipinski definition) is 1. The first-order chi connectivity index (χ1) is 8.83. The number of aromatic nitrogens is 1. The van der Waals surface area contributed by atoms with Gasteiger partial charge in [0.2, 0.25) is 0 Å². The SMILES string of the molecule is O=C(Nc1nc2ccccc2s1)C1CCCCO1. The molecule has 1 atom stereocenters. The second-order valence-electron chi connectivity index (χ2n) is 4.33. The molecule has 18 heavy (non-hydrogen) atoms. The van der Waals surface area contributed by atoms with Gasteiger partial charge in [0.1, 0.15) is 6.10 Å². The third kappa shape index (κ3) is 2.37. The van der Waals surface area contributed by atoms with Gasteiger partial charge in [-0.05, 0) is 31.4 Å². The van der Waals surface area contributed by atoms with Gasteiger partial charge in [-0.1, -0.05) is 23.5 Å². The Bertz CT molecular complexity index is 528. The lowest BCUT2D eigenvalue weighted by Gasteiger charge is -2.20. The van der Waals surface area contributed by atoms with Crippen LogP contribution in [0.15, 0.2) is 24.3 Å². The maximum absolute atomic E-state index is 12.0. The fraction of sp³-hybridized carbons (Fsp3) is 0.385. The first kappa shape index (κ1) is 11.6. The first-order valence-corrected chi connectivity index (χ1v) is 6.92. The van der Waals surface area contributed by atoms with E-state index in [9.17, 15) is 4.79 Å². The molecule has 1 fully saturated rings. The van der Waals surface area contributed by atoms with Gasteiger partial charge in [-0.2, -0.15) is 0 Å². The van der Waals surface area contributed by atoms with Crippen LogP contribution >= 0.6 is 11.3 Å². The molecule has 1 aliphatic rings. The van der Waals surface area contributed by atoms with Crippen molar-refractivity contribution in [2.75, 3.05) is 11.9 Å². The van der Waals surface area contributed by atoms with E-state index in [2.05, 4.69) is 10.3 Å². The average molecular weight is 262 g/mol. The molecular weight excluding hydrogens is 248 g/mol. The normalized spacial score (nSPS) is 19.9. The second kappa shape index (κ2) is 5.04. The van der Waals surface area contributed by atoms with E-state index in [4.69, 9.17) is 4.74 Å². The Hall–Kier alpha value is -1.46. The van der Waals surface area contributed by atoms with Crippen LogP contribution in [0.4, 0.5) is 5.13 Å². The Labute approximate surface area is 109 Å². The number of para-hydroxylation sites is 1. The largest absolute Gasteiger partial charge is 0.368 e. The highest BCUT2D eigenvalue weighted by Gasteiger charge is 2.22. The lowest BCUT2D eigenvalue weighted by molar-refractivity contribution is -0.129. The topological polar surface area (TPSA) is 51.2 Å². The number of fused-ring (bicyclic) bond motifs is 1. The van der Waals surface area contributed by atoms with Crippen LogP contribution in [0.5, 0.6) is 0 Å². The summed E-state index contributed by atoms with van der Waals surface area (Å²) in [6.07, 6.45) is 2.59. The summed E-state index contributed by atoms with van der Waals surface area (Å²) in [6, 6.07) is 7.85. The number of hydrogen-bond acceptors (Lipinski definition) is 4. The number of thiazole rings is 1. The summed E-state index contributed by atoms with van der Waals surface area (Å²) in [4.78, 5) is 16.4. The summed E-state index contributed by atoms with van der Waals surface area (Å²) >= 11 is 1.49. The van der Waals surface area contributed by atoms with Gasteiger partial charge in [0, 0.05) is 6.61 Å². The smallest absolute Gasteiger partial charge is 0.255 e. The van der Waals surface area contributed by atoms with E-state index in [0.717, 1.165) is 29.5 Å². The van der Waals surface area contributed by atoms with Crippen molar-refractivity contribution >= 4 is 32.6 Å². The Morgan fingerprint density at radius 1 is 1.39 bits per heavy atom. The molecule has 1 aliphatic heterocycles. The predicted octanol–water partition coefficient (Wildman–Crippen LogP) is 2.80. The molecule has 5 heteroatoms. The standard InChI is InChI=1S/C13H14N2O2S/c16-12(10-6-3-4-8-17-10)15-13-14-9-5-1-2-7-11(9)18-13/h1-2,5,7,10H,3-4,6,8H2,(H,14,15,16). The molecule has 1 aromatic heterocycles. The van der Waals surface area contributed by atoms with Crippen LogP contribution in [0.1, 0.15) is 19.3 Å². The summed E-state index contributed by atoms with van der Waals surface area (Å²) in [5, 5.41) is 3.49. The third-order valence-electron chi connectivity index (χ3n) is 3.00.